The minimum absolute atomic E-state index is 0.144. The summed E-state index contributed by atoms with van der Waals surface area (Å²) in [6.07, 6.45) is 0. The molecule has 26 heavy (non-hydrogen) atoms. The molecule has 3 rings (SSSR count). The zero-order valence-electron chi connectivity index (χ0n) is 14.7. The highest BCUT2D eigenvalue weighted by Gasteiger charge is 2.09. The van der Waals surface area contributed by atoms with Gasteiger partial charge in [0.25, 0.3) is 0 Å². The molecule has 0 aliphatic carbocycles. The molecule has 3 aromatic rings. The van der Waals surface area contributed by atoms with E-state index in [0.717, 1.165) is 22.3 Å². The molecule has 0 radical (unpaired) electrons. The average Bonchev–Trinajstić information content (AvgIpc) is 2.68. The molecule has 134 valence electrons. The predicted molar refractivity (Wildman–Crippen MR) is 102 cm³/mol. The third kappa shape index (κ3) is 4.63. The highest BCUT2D eigenvalue weighted by Crippen LogP contribution is 2.35. The summed E-state index contributed by atoms with van der Waals surface area (Å²) in [5, 5.41) is 10.2. The normalized spacial score (nSPS) is 10.7. The summed E-state index contributed by atoms with van der Waals surface area (Å²) in [6.45, 7) is 1.14. The first-order valence-corrected chi connectivity index (χ1v) is 8.46. The van der Waals surface area contributed by atoms with Crippen LogP contribution in [0.1, 0.15) is 0 Å². The molecule has 0 saturated carbocycles. The Morgan fingerprint density at radius 2 is 1.50 bits per heavy atom. The number of phenols is 1. The first kappa shape index (κ1) is 18.0. The van der Waals surface area contributed by atoms with Gasteiger partial charge in [0.2, 0.25) is 0 Å². The van der Waals surface area contributed by atoms with Gasteiger partial charge in [0, 0.05) is 12.7 Å². The van der Waals surface area contributed by atoms with Crippen LogP contribution in [0.15, 0.2) is 72.8 Å². The molecule has 0 spiro atoms. The Balaban J connectivity index is 1.86. The Morgan fingerprint density at radius 3 is 2.31 bits per heavy atom. The molecule has 0 aliphatic heterocycles. The van der Waals surface area contributed by atoms with Crippen molar-refractivity contribution in [1.29, 1.82) is 0 Å². The van der Waals surface area contributed by atoms with E-state index in [1.807, 2.05) is 60.7 Å². The number of hydrogen-bond donors (Lipinski definition) is 1. The summed E-state index contributed by atoms with van der Waals surface area (Å²) in [7, 11) is 1.63. The lowest BCUT2D eigenvalue weighted by Crippen LogP contribution is -2.08. The molecule has 0 aromatic heterocycles. The molecule has 4 heteroatoms. The molecular formula is C22H22O4. The molecular weight excluding hydrogens is 328 g/mol. The van der Waals surface area contributed by atoms with Crippen LogP contribution in [0.5, 0.6) is 11.5 Å². The van der Waals surface area contributed by atoms with E-state index in [2.05, 4.69) is 0 Å². The first-order valence-electron chi connectivity index (χ1n) is 8.46. The van der Waals surface area contributed by atoms with Gasteiger partial charge in [0.05, 0.1) is 13.2 Å². The molecule has 0 aliphatic rings. The first-order chi connectivity index (χ1) is 12.8. The Kier molecular flexibility index (Phi) is 6.25. The van der Waals surface area contributed by atoms with Crippen LogP contribution in [-0.4, -0.2) is 32.2 Å². The summed E-state index contributed by atoms with van der Waals surface area (Å²) < 4.78 is 16.1. The second-order valence-corrected chi connectivity index (χ2v) is 5.79. The van der Waals surface area contributed by atoms with Crippen LogP contribution in [0.2, 0.25) is 0 Å². The van der Waals surface area contributed by atoms with Gasteiger partial charge < -0.3 is 19.3 Å². The van der Waals surface area contributed by atoms with Crippen molar-refractivity contribution in [1.82, 2.24) is 0 Å². The Morgan fingerprint density at radius 1 is 0.769 bits per heavy atom. The van der Waals surface area contributed by atoms with Crippen LogP contribution in [-0.2, 0) is 9.47 Å². The minimum atomic E-state index is 0.144. The maximum Gasteiger partial charge on any atom is 0.189 e. The molecule has 0 amide bonds. The summed E-state index contributed by atoms with van der Waals surface area (Å²) >= 11 is 0. The Hall–Kier alpha value is -2.82. The lowest BCUT2D eigenvalue weighted by Gasteiger charge is -2.13. The molecule has 0 saturated heterocycles. The third-order valence-corrected chi connectivity index (χ3v) is 3.95. The van der Waals surface area contributed by atoms with E-state index < -0.39 is 0 Å². The van der Waals surface area contributed by atoms with Gasteiger partial charge in [-0.1, -0.05) is 48.5 Å². The minimum Gasteiger partial charge on any atom is -0.508 e. The number of phenolic OH excluding ortho intramolecular Hbond substituents is 1. The van der Waals surface area contributed by atoms with Gasteiger partial charge in [-0.05, 0) is 41.0 Å². The summed E-state index contributed by atoms with van der Waals surface area (Å²) in [5.74, 6) is 0.919. The second-order valence-electron chi connectivity index (χ2n) is 5.79. The number of aromatic hydroxyl groups is 1. The van der Waals surface area contributed by atoms with E-state index in [1.54, 1.807) is 19.2 Å². The fourth-order valence-corrected chi connectivity index (χ4v) is 2.70. The van der Waals surface area contributed by atoms with Crippen molar-refractivity contribution < 1.29 is 19.3 Å². The van der Waals surface area contributed by atoms with Crippen molar-refractivity contribution in [3.63, 3.8) is 0 Å². The van der Waals surface area contributed by atoms with Gasteiger partial charge in [-0.15, -0.1) is 0 Å². The van der Waals surface area contributed by atoms with E-state index >= 15 is 0 Å². The standard InChI is InChI=1S/C22H22O4/c1-24-11-12-25-16-26-22-10-6-5-9-21(22)19-13-18(14-20(23)15-19)17-7-3-2-4-8-17/h2-10,13-15,23H,11-12,16H2,1H3. The second kappa shape index (κ2) is 9.04. The van der Waals surface area contributed by atoms with Crippen LogP contribution in [0, 0.1) is 0 Å². The molecule has 1 N–H and O–H groups in total. The number of ether oxygens (including phenoxy) is 3. The number of para-hydroxylation sites is 1. The third-order valence-electron chi connectivity index (χ3n) is 3.95. The van der Waals surface area contributed by atoms with Crippen LogP contribution in [0.3, 0.4) is 0 Å². The largest absolute Gasteiger partial charge is 0.508 e. The molecule has 3 aromatic carbocycles. The predicted octanol–water partition coefficient (Wildman–Crippen LogP) is 4.73. The zero-order valence-corrected chi connectivity index (χ0v) is 14.7. The fourth-order valence-electron chi connectivity index (χ4n) is 2.70. The van der Waals surface area contributed by atoms with Gasteiger partial charge in [-0.3, -0.25) is 0 Å². The van der Waals surface area contributed by atoms with E-state index in [-0.39, 0.29) is 12.5 Å². The van der Waals surface area contributed by atoms with Crippen molar-refractivity contribution in [3.8, 4) is 33.8 Å². The average molecular weight is 350 g/mol. The SMILES string of the molecule is COCCOCOc1ccccc1-c1cc(O)cc(-c2ccccc2)c1. The van der Waals surface area contributed by atoms with Crippen LogP contribution in [0.4, 0.5) is 0 Å². The Labute approximate surface area is 153 Å². The maximum absolute atomic E-state index is 10.2. The van der Waals surface area contributed by atoms with E-state index in [1.165, 1.54) is 0 Å². The maximum atomic E-state index is 10.2. The molecule has 0 atom stereocenters. The van der Waals surface area contributed by atoms with Crippen molar-refractivity contribution in [2.45, 2.75) is 0 Å². The molecule has 0 heterocycles. The highest BCUT2D eigenvalue weighted by atomic mass is 16.7. The Bertz CT molecular complexity index is 831. The summed E-state index contributed by atoms with van der Waals surface area (Å²) in [5.41, 5.74) is 3.78. The van der Waals surface area contributed by atoms with Gasteiger partial charge in [0.1, 0.15) is 11.5 Å². The van der Waals surface area contributed by atoms with Crippen LogP contribution >= 0.6 is 0 Å². The summed E-state index contributed by atoms with van der Waals surface area (Å²) in [6, 6.07) is 23.2. The smallest absolute Gasteiger partial charge is 0.189 e. The van der Waals surface area contributed by atoms with Crippen LogP contribution in [0.25, 0.3) is 22.3 Å². The monoisotopic (exact) mass is 350 g/mol. The number of methoxy groups -OCH3 is 1. The van der Waals surface area contributed by atoms with Gasteiger partial charge >= 0.3 is 0 Å². The van der Waals surface area contributed by atoms with Crippen molar-refractivity contribution >= 4 is 0 Å². The van der Waals surface area contributed by atoms with Gasteiger partial charge in [-0.2, -0.15) is 0 Å². The zero-order chi connectivity index (χ0) is 18.2. The molecule has 0 fully saturated rings. The number of rotatable bonds is 8. The quantitative estimate of drug-likeness (QED) is 0.471. The van der Waals surface area contributed by atoms with Crippen LogP contribution < -0.4 is 4.74 Å². The van der Waals surface area contributed by atoms with Crippen molar-refractivity contribution in [2.24, 2.45) is 0 Å². The molecule has 0 unspecified atom stereocenters. The van der Waals surface area contributed by atoms with Gasteiger partial charge in [0.15, 0.2) is 6.79 Å². The lowest BCUT2D eigenvalue weighted by molar-refractivity contribution is -0.00821. The lowest BCUT2D eigenvalue weighted by atomic mass is 9.98. The van der Waals surface area contributed by atoms with Gasteiger partial charge in [-0.25, -0.2) is 0 Å². The highest BCUT2D eigenvalue weighted by molar-refractivity contribution is 5.78. The topological polar surface area (TPSA) is 47.9 Å². The number of hydrogen-bond acceptors (Lipinski definition) is 4. The van der Waals surface area contributed by atoms with E-state index in [4.69, 9.17) is 14.2 Å². The van der Waals surface area contributed by atoms with E-state index in [0.29, 0.717) is 19.0 Å². The fraction of sp³-hybridized carbons (Fsp3) is 0.182. The van der Waals surface area contributed by atoms with E-state index in [9.17, 15) is 5.11 Å². The van der Waals surface area contributed by atoms with Crippen molar-refractivity contribution in [3.05, 3.63) is 72.8 Å². The van der Waals surface area contributed by atoms with Crippen molar-refractivity contribution in [2.75, 3.05) is 27.1 Å². The molecule has 4 nitrogen and oxygen atoms in total. The summed E-state index contributed by atoms with van der Waals surface area (Å²) in [4.78, 5) is 0. The number of benzene rings is 3. The molecule has 0 bridgehead atoms.